The number of para-hydroxylation sites is 1. The second-order valence-electron chi connectivity index (χ2n) is 6.41. The van der Waals surface area contributed by atoms with E-state index in [9.17, 15) is 4.79 Å². The molecule has 26 heavy (non-hydrogen) atoms. The van der Waals surface area contributed by atoms with Crippen LogP contribution in [-0.2, 0) is 0 Å². The zero-order valence-electron chi connectivity index (χ0n) is 14.8. The molecule has 0 bridgehead atoms. The molecule has 134 valence electrons. The van der Waals surface area contributed by atoms with E-state index in [1.54, 1.807) is 0 Å². The normalized spacial score (nSPS) is 14.7. The Morgan fingerprint density at radius 2 is 1.81 bits per heavy atom. The summed E-state index contributed by atoms with van der Waals surface area (Å²) in [6.45, 7) is 2.80. The molecule has 1 amide bonds. The number of carbonyl (C=O) groups excluding carboxylic acids is 1. The first kappa shape index (κ1) is 16.7. The van der Waals surface area contributed by atoms with Gasteiger partial charge in [-0.1, -0.05) is 12.1 Å². The van der Waals surface area contributed by atoms with Gasteiger partial charge in [-0.2, -0.15) is 0 Å². The lowest BCUT2D eigenvalue weighted by atomic mass is 10.3. The molecule has 0 unspecified atom stereocenters. The molecule has 0 saturated carbocycles. The maximum absolute atomic E-state index is 12.8. The molecule has 0 aliphatic carbocycles. The first-order chi connectivity index (χ1) is 12.6. The van der Waals surface area contributed by atoms with Gasteiger partial charge in [0.05, 0.1) is 10.2 Å². The van der Waals surface area contributed by atoms with E-state index in [4.69, 9.17) is 0 Å². The second-order valence-corrected chi connectivity index (χ2v) is 7.44. The van der Waals surface area contributed by atoms with Gasteiger partial charge >= 0.3 is 0 Å². The number of piperazine rings is 1. The highest BCUT2D eigenvalue weighted by atomic mass is 32.1. The topological polar surface area (TPSA) is 65.5 Å². The number of carbonyl (C=O) groups is 1. The van der Waals surface area contributed by atoms with Crippen LogP contribution < -0.4 is 9.80 Å². The summed E-state index contributed by atoms with van der Waals surface area (Å²) in [5.74, 6) is 1.70. The van der Waals surface area contributed by atoms with Crippen LogP contribution in [0.5, 0.6) is 0 Å². The quantitative estimate of drug-likeness (QED) is 0.706. The zero-order valence-corrected chi connectivity index (χ0v) is 15.6. The SMILES string of the molecule is CN(C)c1ccc(N2CCN(C(=O)c3nc4ccccc4s3)CC2)nn1. The molecule has 3 aromatic rings. The van der Waals surface area contributed by atoms with Gasteiger partial charge in [-0.05, 0) is 24.3 Å². The third-order valence-electron chi connectivity index (χ3n) is 4.46. The third kappa shape index (κ3) is 3.20. The van der Waals surface area contributed by atoms with E-state index in [2.05, 4.69) is 20.1 Å². The number of fused-ring (bicyclic) bond motifs is 1. The van der Waals surface area contributed by atoms with E-state index in [1.165, 1.54) is 11.3 Å². The van der Waals surface area contributed by atoms with Crippen LogP contribution in [0.3, 0.4) is 0 Å². The molecule has 8 heteroatoms. The predicted molar refractivity (Wildman–Crippen MR) is 104 cm³/mol. The van der Waals surface area contributed by atoms with Crippen LogP contribution in [0.1, 0.15) is 9.80 Å². The molecule has 0 spiro atoms. The minimum absolute atomic E-state index is 0.0138. The van der Waals surface area contributed by atoms with Crippen LogP contribution in [0.2, 0.25) is 0 Å². The van der Waals surface area contributed by atoms with Crippen molar-refractivity contribution in [2.24, 2.45) is 0 Å². The minimum Gasteiger partial charge on any atom is -0.361 e. The summed E-state index contributed by atoms with van der Waals surface area (Å²) in [5.41, 5.74) is 0.885. The lowest BCUT2D eigenvalue weighted by Gasteiger charge is -2.34. The monoisotopic (exact) mass is 368 g/mol. The Balaban J connectivity index is 1.42. The van der Waals surface area contributed by atoms with Crippen molar-refractivity contribution in [1.82, 2.24) is 20.1 Å². The fourth-order valence-electron chi connectivity index (χ4n) is 2.96. The molecule has 1 aliphatic rings. The van der Waals surface area contributed by atoms with Gasteiger partial charge in [0.15, 0.2) is 16.6 Å². The number of anilines is 2. The van der Waals surface area contributed by atoms with Crippen molar-refractivity contribution in [1.29, 1.82) is 0 Å². The average Bonchev–Trinajstić information content (AvgIpc) is 3.12. The Labute approximate surface area is 155 Å². The Bertz CT molecular complexity index is 882. The Kier molecular flexibility index (Phi) is 4.42. The van der Waals surface area contributed by atoms with E-state index in [0.29, 0.717) is 18.1 Å². The van der Waals surface area contributed by atoms with Crippen LogP contribution in [-0.4, -0.2) is 66.3 Å². The summed E-state index contributed by atoms with van der Waals surface area (Å²) in [6.07, 6.45) is 0. The van der Waals surface area contributed by atoms with E-state index < -0.39 is 0 Å². The van der Waals surface area contributed by atoms with E-state index >= 15 is 0 Å². The van der Waals surface area contributed by atoms with E-state index in [-0.39, 0.29) is 5.91 Å². The summed E-state index contributed by atoms with van der Waals surface area (Å²) < 4.78 is 1.05. The number of thiazole rings is 1. The zero-order chi connectivity index (χ0) is 18.1. The van der Waals surface area contributed by atoms with Crippen molar-refractivity contribution >= 4 is 39.1 Å². The van der Waals surface area contributed by atoms with Gasteiger partial charge in [0.2, 0.25) is 0 Å². The van der Waals surface area contributed by atoms with Gasteiger partial charge in [0, 0.05) is 40.3 Å². The van der Waals surface area contributed by atoms with Crippen LogP contribution in [0.25, 0.3) is 10.2 Å². The van der Waals surface area contributed by atoms with Crippen molar-refractivity contribution in [3.8, 4) is 0 Å². The molecule has 1 aromatic carbocycles. The molecular formula is C18H20N6OS. The first-order valence-corrected chi connectivity index (χ1v) is 9.34. The van der Waals surface area contributed by atoms with Gasteiger partial charge < -0.3 is 14.7 Å². The Morgan fingerprint density at radius 1 is 1.04 bits per heavy atom. The fraction of sp³-hybridized carbons (Fsp3) is 0.333. The largest absolute Gasteiger partial charge is 0.361 e. The van der Waals surface area contributed by atoms with E-state index in [1.807, 2.05) is 60.3 Å². The maximum atomic E-state index is 12.8. The molecule has 4 rings (SSSR count). The number of hydrogen-bond donors (Lipinski definition) is 0. The molecule has 0 radical (unpaired) electrons. The summed E-state index contributed by atoms with van der Waals surface area (Å²) >= 11 is 1.46. The number of nitrogens with zero attached hydrogens (tertiary/aromatic N) is 6. The molecule has 1 fully saturated rings. The van der Waals surface area contributed by atoms with Crippen LogP contribution in [0.4, 0.5) is 11.6 Å². The highest BCUT2D eigenvalue weighted by Gasteiger charge is 2.25. The lowest BCUT2D eigenvalue weighted by molar-refractivity contribution is 0.0746. The number of aromatic nitrogens is 3. The molecule has 0 atom stereocenters. The van der Waals surface area contributed by atoms with Crippen molar-refractivity contribution in [3.05, 3.63) is 41.4 Å². The standard InChI is InChI=1S/C18H20N6OS/c1-22(2)15-7-8-16(21-20-15)23-9-11-24(12-10-23)18(25)17-19-13-5-3-4-6-14(13)26-17/h3-8H,9-12H2,1-2H3. The van der Waals surface area contributed by atoms with Crippen molar-refractivity contribution in [2.45, 2.75) is 0 Å². The van der Waals surface area contributed by atoms with Crippen LogP contribution >= 0.6 is 11.3 Å². The maximum Gasteiger partial charge on any atom is 0.282 e. The van der Waals surface area contributed by atoms with Gasteiger partial charge in [0.1, 0.15) is 0 Å². The second kappa shape index (κ2) is 6.87. The van der Waals surface area contributed by atoms with Gasteiger partial charge in [-0.3, -0.25) is 4.79 Å². The van der Waals surface area contributed by atoms with Crippen molar-refractivity contribution in [3.63, 3.8) is 0 Å². The molecule has 1 aliphatic heterocycles. The van der Waals surface area contributed by atoms with Gasteiger partial charge in [0.25, 0.3) is 5.91 Å². The highest BCUT2D eigenvalue weighted by Crippen LogP contribution is 2.23. The number of amides is 1. The smallest absolute Gasteiger partial charge is 0.282 e. The Morgan fingerprint density at radius 3 is 2.46 bits per heavy atom. The molecule has 3 heterocycles. The first-order valence-electron chi connectivity index (χ1n) is 8.52. The van der Waals surface area contributed by atoms with Gasteiger partial charge in [-0.15, -0.1) is 21.5 Å². The lowest BCUT2D eigenvalue weighted by Crippen LogP contribution is -2.49. The highest BCUT2D eigenvalue weighted by molar-refractivity contribution is 7.20. The summed E-state index contributed by atoms with van der Waals surface area (Å²) in [5, 5.41) is 9.09. The molecule has 0 N–H and O–H groups in total. The number of hydrogen-bond acceptors (Lipinski definition) is 7. The van der Waals surface area contributed by atoms with Crippen LogP contribution in [0, 0.1) is 0 Å². The third-order valence-corrected chi connectivity index (χ3v) is 5.49. The van der Waals surface area contributed by atoms with Gasteiger partial charge in [-0.25, -0.2) is 4.98 Å². The van der Waals surface area contributed by atoms with E-state index in [0.717, 1.165) is 34.9 Å². The summed E-state index contributed by atoms with van der Waals surface area (Å²) in [6, 6.07) is 11.8. The summed E-state index contributed by atoms with van der Waals surface area (Å²) in [7, 11) is 3.88. The number of rotatable bonds is 3. The molecule has 2 aromatic heterocycles. The average molecular weight is 368 g/mol. The molecule has 7 nitrogen and oxygen atoms in total. The Hall–Kier alpha value is -2.74. The van der Waals surface area contributed by atoms with Crippen molar-refractivity contribution < 1.29 is 4.79 Å². The predicted octanol–water partition coefficient (Wildman–Crippen LogP) is 2.11. The van der Waals surface area contributed by atoms with Crippen molar-refractivity contribution in [2.75, 3.05) is 50.1 Å². The van der Waals surface area contributed by atoms with Crippen LogP contribution in [0.15, 0.2) is 36.4 Å². The summed E-state index contributed by atoms with van der Waals surface area (Å²) in [4.78, 5) is 23.2. The molecule has 1 saturated heterocycles. The fourth-order valence-corrected chi connectivity index (χ4v) is 3.90. The molecular weight excluding hydrogens is 348 g/mol. The minimum atomic E-state index is 0.0138. The number of benzene rings is 1.